The molecule has 3 N–H and O–H groups in total. The van der Waals surface area contributed by atoms with Crippen molar-refractivity contribution >= 4 is 17.5 Å². The van der Waals surface area contributed by atoms with Gasteiger partial charge in [-0.3, -0.25) is 9.59 Å². The first kappa shape index (κ1) is 16.5. The summed E-state index contributed by atoms with van der Waals surface area (Å²) in [6, 6.07) is 14.4. The summed E-state index contributed by atoms with van der Waals surface area (Å²) < 4.78 is 5.38. The van der Waals surface area contributed by atoms with E-state index in [0.29, 0.717) is 30.7 Å². The van der Waals surface area contributed by atoms with Crippen molar-refractivity contribution < 1.29 is 14.3 Å². The second-order valence-corrected chi connectivity index (χ2v) is 5.03. The lowest BCUT2D eigenvalue weighted by molar-refractivity contribution is -0.116. The Morgan fingerprint density at radius 1 is 1.09 bits per heavy atom. The van der Waals surface area contributed by atoms with Crippen LogP contribution in [-0.2, 0) is 11.2 Å². The van der Waals surface area contributed by atoms with Crippen molar-refractivity contribution in [2.45, 2.75) is 19.8 Å². The number of rotatable bonds is 7. The topological polar surface area (TPSA) is 81.4 Å². The van der Waals surface area contributed by atoms with E-state index in [9.17, 15) is 9.59 Å². The average Bonchev–Trinajstić information content (AvgIpc) is 2.55. The molecule has 0 saturated carbocycles. The van der Waals surface area contributed by atoms with Gasteiger partial charge in [0.2, 0.25) is 5.91 Å². The summed E-state index contributed by atoms with van der Waals surface area (Å²) in [5.41, 5.74) is 7.09. The van der Waals surface area contributed by atoms with Crippen molar-refractivity contribution in [3.8, 4) is 5.75 Å². The fraction of sp³-hybridized carbons (Fsp3) is 0.222. The van der Waals surface area contributed by atoms with Crippen LogP contribution in [0.5, 0.6) is 5.75 Å². The number of aryl methyl sites for hydroxylation is 1. The van der Waals surface area contributed by atoms with Crippen molar-refractivity contribution in [1.82, 2.24) is 0 Å². The number of anilines is 1. The van der Waals surface area contributed by atoms with Gasteiger partial charge in [-0.2, -0.15) is 0 Å². The van der Waals surface area contributed by atoms with Crippen LogP contribution in [0.15, 0.2) is 48.5 Å². The first-order chi connectivity index (χ1) is 11.1. The lowest BCUT2D eigenvalue weighted by atomic mass is 10.1. The van der Waals surface area contributed by atoms with E-state index < -0.39 is 5.91 Å². The second kappa shape index (κ2) is 7.98. The Labute approximate surface area is 135 Å². The fourth-order valence-electron chi connectivity index (χ4n) is 2.20. The number of hydrogen-bond acceptors (Lipinski definition) is 3. The summed E-state index contributed by atoms with van der Waals surface area (Å²) in [5.74, 6) is 0.0936. The Balaban J connectivity index is 1.91. The molecule has 2 aromatic carbocycles. The molecule has 0 unspecified atom stereocenters. The quantitative estimate of drug-likeness (QED) is 0.825. The van der Waals surface area contributed by atoms with Crippen LogP contribution in [-0.4, -0.2) is 18.4 Å². The Hall–Kier alpha value is -2.82. The number of nitrogens with two attached hydrogens (primary N) is 1. The van der Waals surface area contributed by atoms with E-state index in [1.165, 1.54) is 0 Å². The van der Waals surface area contributed by atoms with Gasteiger partial charge in [0.1, 0.15) is 5.75 Å². The van der Waals surface area contributed by atoms with Crippen LogP contribution >= 0.6 is 0 Å². The highest BCUT2D eigenvalue weighted by Gasteiger charge is 2.10. The van der Waals surface area contributed by atoms with Gasteiger partial charge in [-0.15, -0.1) is 0 Å². The lowest BCUT2D eigenvalue weighted by Gasteiger charge is -2.09. The molecule has 5 nitrogen and oxygen atoms in total. The maximum atomic E-state index is 12.0. The third-order valence-electron chi connectivity index (χ3n) is 3.34. The van der Waals surface area contributed by atoms with Crippen molar-refractivity contribution in [2.24, 2.45) is 5.73 Å². The minimum absolute atomic E-state index is 0.160. The molecule has 0 aliphatic heterocycles. The summed E-state index contributed by atoms with van der Waals surface area (Å²) in [6.45, 7) is 2.56. The van der Waals surface area contributed by atoms with Gasteiger partial charge < -0.3 is 15.8 Å². The third-order valence-corrected chi connectivity index (χ3v) is 3.34. The van der Waals surface area contributed by atoms with E-state index in [0.717, 1.165) is 11.3 Å². The molecule has 0 aliphatic carbocycles. The van der Waals surface area contributed by atoms with Gasteiger partial charge in [0.05, 0.1) is 17.9 Å². The minimum Gasteiger partial charge on any atom is -0.494 e. The summed E-state index contributed by atoms with van der Waals surface area (Å²) in [5, 5.41) is 2.73. The van der Waals surface area contributed by atoms with E-state index >= 15 is 0 Å². The van der Waals surface area contributed by atoms with E-state index in [4.69, 9.17) is 10.5 Å². The largest absolute Gasteiger partial charge is 0.494 e. The Kier molecular flexibility index (Phi) is 5.74. The highest BCUT2D eigenvalue weighted by atomic mass is 16.5. The predicted molar refractivity (Wildman–Crippen MR) is 89.5 cm³/mol. The van der Waals surface area contributed by atoms with Gasteiger partial charge in [0.25, 0.3) is 5.91 Å². The van der Waals surface area contributed by atoms with Gasteiger partial charge >= 0.3 is 0 Å². The number of carbonyl (C=O) groups excluding carboxylic acids is 2. The van der Waals surface area contributed by atoms with Crippen LogP contribution in [0.1, 0.15) is 29.3 Å². The van der Waals surface area contributed by atoms with Crippen LogP contribution in [0.4, 0.5) is 5.69 Å². The zero-order valence-corrected chi connectivity index (χ0v) is 13.0. The molecule has 0 aliphatic rings. The first-order valence-electron chi connectivity index (χ1n) is 7.50. The summed E-state index contributed by atoms with van der Waals surface area (Å²) in [7, 11) is 0. The summed E-state index contributed by atoms with van der Waals surface area (Å²) >= 11 is 0. The maximum Gasteiger partial charge on any atom is 0.250 e. The maximum absolute atomic E-state index is 12.0. The Morgan fingerprint density at radius 2 is 1.78 bits per heavy atom. The molecular weight excluding hydrogens is 292 g/mol. The van der Waals surface area contributed by atoms with Crippen molar-refractivity contribution in [3.05, 3.63) is 59.7 Å². The fourth-order valence-corrected chi connectivity index (χ4v) is 2.20. The lowest BCUT2D eigenvalue weighted by Crippen LogP contribution is -2.18. The standard InChI is InChI=1S/C18H20N2O3/c1-2-23-14-10-7-13(8-11-14)9-12-17(21)20-16-6-4-3-5-15(16)18(19)22/h3-8,10-11H,2,9,12H2,1H3,(H2,19,22)(H,20,21). The number of hydrogen-bond donors (Lipinski definition) is 2. The zero-order chi connectivity index (χ0) is 16.7. The normalized spacial score (nSPS) is 10.1. The van der Waals surface area contributed by atoms with Gasteiger partial charge in [0.15, 0.2) is 0 Å². The van der Waals surface area contributed by atoms with Crippen molar-refractivity contribution in [2.75, 3.05) is 11.9 Å². The van der Waals surface area contributed by atoms with E-state index in [2.05, 4.69) is 5.32 Å². The molecular formula is C18H20N2O3. The highest BCUT2D eigenvalue weighted by molar-refractivity contribution is 6.02. The Morgan fingerprint density at radius 3 is 2.43 bits per heavy atom. The molecule has 2 rings (SSSR count). The van der Waals surface area contributed by atoms with Crippen LogP contribution in [0.25, 0.3) is 0 Å². The number of para-hydroxylation sites is 1. The van der Waals surface area contributed by atoms with Gasteiger partial charge in [0, 0.05) is 6.42 Å². The first-order valence-corrected chi connectivity index (χ1v) is 7.50. The van der Waals surface area contributed by atoms with Gasteiger partial charge in [-0.25, -0.2) is 0 Å². The molecule has 0 saturated heterocycles. The SMILES string of the molecule is CCOc1ccc(CCC(=O)Nc2ccccc2C(N)=O)cc1. The molecule has 0 bridgehead atoms. The molecule has 0 aromatic heterocycles. The molecule has 2 aromatic rings. The monoisotopic (exact) mass is 312 g/mol. The molecule has 0 heterocycles. The molecule has 0 fully saturated rings. The molecule has 0 radical (unpaired) electrons. The van der Waals surface area contributed by atoms with Crippen molar-refractivity contribution in [1.29, 1.82) is 0 Å². The molecule has 2 amide bonds. The number of benzene rings is 2. The smallest absolute Gasteiger partial charge is 0.250 e. The Bertz CT molecular complexity index is 681. The third kappa shape index (κ3) is 4.85. The number of carbonyl (C=O) groups is 2. The second-order valence-electron chi connectivity index (χ2n) is 5.03. The van der Waals surface area contributed by atoms with E-state index in [1.54, 1.807) is 24.3 Å². The zero-order valence-electron chi connectivity index (χ0n) is 13.0. The molecule has 23 heavy (non-hydrogen) atoms. The number of primary amides is 1. The van der Waals surface area contributed by atoms with E-state index in [-0.39, 0.29) is 5.91 Å². The van der Waals surface area contributed by atoms with E-state index in [1.807, 2.05) is 31.2 Å². The van der Waals surface area contributed by atoms with Crippen molar-refractivity contribution in [3.63, 3.8) is 0 Å². The predicted octanol–water partition coefficient (Wildman–Crippen LogP) is 2.76. The number of ether oxygens (including phenoxy) is 1. The average molecular weight is 312 g/mol. The number of nitrogens with one attached hydrogen (secondary N) is 1. The van der Waals surface area contributed by atoms with Gasteiger partial charge in [-0.1, -0.05) is 24.3 Å². The number of amides is 2. The van der Waals surface area contributed by atoms with Crippen LogP contribution in [0.3, 0.4) is 0 Å². The molecule has 5 heteroatoms. The van der Waals surface area contributed by atoms with Crippen LogP contribution in [0.2, 0.25) is 0 Å². The van der Waals surface area contributed by atoms with Crippen LogP contribution < -0.4 is 15.8 Å². The summed E-state index contributed by atoms with van der Waals surface area (Å²) in [4.78, 5) is 23.4. The molecule has 0 spiro atoms. The van der Waals surface area contributed by atoms with Gasteiger partial charge in [-0.05, 0) is 43.2 Å². The highest BCUT2D eigenvalue weighted by Crippen LogP contribution is 2.16. The van der Waals surface area contributed by atoms with Crippen LogP contribution in [0, 0.1) is 0 Å². The summed E-state index contributed by atoms with van der Waals surface area (Å²) in [6.07, 6.45) is 0.929. The molecule has 120 valence electrons. The molecule has 0 atom stereocenters. The minimum atomic E-state index is -0.563.